The second kappa shape index (κ2) is 8.85. The van der Waals surface area contributed by atoms with Crippen molar-refractivity contribution in [3.8, 4) is 22.3 Å². The Kier molecular flexibility index (Phi) is 6.17. The highest BCUT2D eigenvalue weighted by Gasteiger charge is 2.29. The molecule has 5 heteroatoms. The first-order valence-electron chi connectivity index (χ1n) is 10.3. The standard InChI is InChI=1S/C26H26N2OS2/c1-16-5-7-19(8-6-16)24-18(3)25-23-13-21(27-15-30)10-9-20(23)14-28(31-4)26(25)17(2)22(24)11-12-29/h5-10,12-13,15H,11,14H2,1-4H3,(H,27,30). The van der Waals surface area contributed by atoms with E-state index in [1.165, 1.54) is 44.6 Å². The zero-order chi connectivity index (χ0) is 22.1. The van der Waals surface area contributed by atoms with Crippen LogP contribution in [-0.2, 0) is 17.8 Å². The second-order valence-corrected chi connectivity index (χ2v) is 8.96. The van der Waals surface area contributed by atoms with Crippen LogP contribution in [0.5, 0.6) is 0 Å². The summed E-state index contributed by atoms with van der Waals surface area (Å²) in [6, 6.07) is 15.1. The van der Waals surface area contributed by atoms with Crippen LogP contribution in [-0.4, -0.2) is 18.0 Å². The van der Waals surface area contributed by atoms with Gasteiger partial charge in [0.2, 0.25) is 0 Å². The van der Waals surface area contributed by atoms with Crippen molar-refractivity contribution < 1.29 is 4.79 Å². The summed E-state index contributed by atoms with van der Waals surface area (Å²) in [5, 5.41) is 3.16. The molecule has 0 radical (unpaired) electrons. The number of anilines is 2. The molecule has 0 unspecified atom stereocenters. The van der Waals surface area contributed by atoms with Gasteiger partial charge in [-0.1, -0.05) is 60.1 Å². The lowest BCUT2D eigenvalue weighted by Gasteiger charge is -2.36. The molecule has 3 nitrogen and oxygen atoms in total. The van der Waals surface area contributed by atoms with Gasteiger partial charge in [-0.3, -0.25) is 0 Å². The molecule has 158 valence electrons. The molecule has 31 heavy (non-hydrogen) atoms. The van der Waals surface area contributed by atoms with E-state index in [-0.39, 0.29) is 0 Å². The van der Waals surface area contributed by atoms with E-state index >= 15 is 0 Å². The smallest absolute Gasteiger partial charge is 0.124 e. The third kappa shape index (κ3) is 3.77. The Morgan fingerprint density at radius 3 is 2.45 bits per heavy atom. The van der Waals surface area contributed by atoms with Gasteiger partial charge >= 0.3 is 0 Å². The number of hydrogen-bond donors (Lipinski definition) is 1. The number of carbonyl (C=O) groups excluding carboxylic acids is 1. The summed E-state index contributed by atoms with van der Waals surface area (Å²) >= 11 is 6.74. The van der Waals surface area contributed by atoms with E-state index in [1.807, 2.05) is 0 Å². The fourth-order valence-corrected chi connectivity index (χ4v) is 5.45. The number of fused-ring (bicyclic) bond motifs is 3. The van der Waals surface area contributed by atoms with E-state index in [9.17, 15) is 4.79 Å². The number of rotatable bonds is 6. The number of aryl methyl sites for hydroxylation is 1. The van der Waals surface area contributed by atoms with Crippen molar-refractivity contribution >= 4 is 47.3 Å². The average Bonchev–Trinajstić information content (AvgIpc) is 2.77. The van der Waals surface area contributed by atoms with Crippen molar-refractivity contribution in [1.29, 1.82) is 0 Å². The number of aldehydes is 1. The molecular formula is C26H26N2OS2. The minimum absolute atomic E-state index is 0.407. The Morgan fingerprint density at radius 2 is 1.81 bits per heavy atom. The summed E-state index contributed by atoms with van der Waals surface area (Å²) in [6.45, 7) is 7.27. The molecule has 1 aliphatic heterocycles. The summed E-state index contributed by atoms with van der Waals surface area (Å²) in [5.74, 6) is 0. The molecule has 1 aliphatic rings. The Labute approximate surface area is 194 Å². The van der Waals surface area contributed by atoms with E-state index in [2.05, 4.69) is 79.1 Å². The normalized spacial score (nSPS) is 12.2. The van der Waals surface area contributed by atoms with Crippen LogP contribution in [0.3, 0.4) is 0 Å². The monoisotopic (exact) mass is 446 g/mol. The minimum atomic E-state index is 0.407. The summed E-state index contributed by atoms with van der Waals surface area (Å²) in [4.78, 5) is 11.7. The maximum atomic E-state index is 11.7. The summed E-state index contributed by atoms with van der Waals surface area (Å²) in [6.07, 6.45) is 3.54. The molecule has 4 rings (SSSR count). The van der Waals surface area contributed by atoms with Crippen molar-refractivity contribution in [3.63, 3.8) is 0 Å². The first kappa shape index (κ1) is 21.6. The fraction of sp³-hybridized carbons (Fsp3) is 0.231. The Hall–Kier alpha value is -2.63. The molecule has 0 aromatic heterocycles. The summed E-state index contributed by atoms with van der Waals surface area (Å²) in [5.41, 5.74) is 14.6. The van der Waals surface area contributed by atoms with E-state index in [4.69, 9.17) is 12.2 Å². The van der Waals surface area contributed by atoms with E-state index in [0.717, 1.165) is 29.6 Å². The average molecular weight is 447 g/mol. The Balaban J connectivity index is 2.09. The Morgan fingerprint density at radius 1 is 1.06 bits per heavy atom. The maximum absolute atomic E-state index is 11.7. The van der Waals surface area contributed by atoms with Gasteiger partial charge in [-0.2, -0.15) is 0 Å². The van der Waals surface area contributed by atoms with Crippen molar-refractivity contribution in [2.45, 2.75) is 33.7 Å². The van der Waals surface area contributed by atoms with Crippen molar-refractivity contribution in [3.05, 3.63) is 70.3 Å². The first-order valence-corrected chi connectivity index (χ1v) is 12.0. The molecule has 3 aromatic carbocycles. The molecular weight excluding hydrogens is 420 g/mol. The lowest BCUT2D eigenvalue weighted by molar-refractivity contribution is -0.107. The van der Waals surface area contributed by atoms with Crippen LogP contribution >= 0.6 is 24.2 Å². The molecule has 0 atom stereocenters. The molecule has 0 aliphatic carbocycles. The lowest BCUT2D eigenvalue weighted by Crippen LogP contribution is -2.22. The molecule has 0 amide bonds. The highest BCUT2D eigenvalue weighted by molar-refractivity contribution is 7.99. The molecule has 0 fully saturated rings. The van der Waals surface area contributed by atoms with Crippen LogP contribution in [0.25, 0.3) is 22.3 Å². The lowest BCUT2D eigenvalue weighted by atomic mass is 9.81. The van der Waals surface area contributed by atoms with E-state index in [0.29, 0.717) is 6.42 Å². The zero-order valence-corrected chi connectivity index (χ0v) is 19.9. The number of benzene rings is 3. The van der Waals surface area contributed by atoms with Crippen molar-refractivity contribution in [1.82, 2.24) is 0 Å². The number of nitrogens with one attached hydrogen (secondary N) is 1. The van der Waals surface area contributed by atoms with Crippen LogP contribution in [0, 0.1) is 20.8 Å². The Bertz CT molecular complexity index is 1170. The van der Waals surface area contributed by atoms with Crippen LogP contribution in [0.4, 0.5) is 11.4 Å². The molecule has 1 heterocycles. The van der Waals surface area contributed by atoms with E-state index in [1.54, 1.807) is 17.4 Å². The minimum Gasteiger partial charge on any atom is -0.353 e. The topological polar surface area (TPSA) is 32.3 Å². The number of hydrogen-bond acceptors (Lipinski definition) is 4. The highest BCUT2D eigenvalue weighted by atomic mass is 32.2. The third-order valence-electron chi connectivity index (χ3n) is 6.11. The fourth-order valence-electron chi connectivity index (χ4n) is 4.63. The highest BCUT2D eigenvalue weighted by Crippen LogP contribution is 2.50. The van der Waals surface area contributed by atoms with Crippen LogP contribution in [0.2, 0.25) is 0 Å². The summed E-state index contributed by atoms with van der Waals surface area (Å²) in [7, 11) is 0. The predicted octanol–water partition coefficient (Wildman–Crippen LogP) is 6.65. The van der Waals surface area contributed by atoms with Gasteiger partial charge in [-0.05, 0) is 71.8 Å². The van der Waals surface area contributed by atoms with Gasteiger partial charge in [-0.15, -0.1) is 0 Å². The molecule has 0 saturated carbocycles. The molecule has 1 N–H and O–H groups in total. The molecule has 0 saturated heterocycles. The largest absolute Gasteiger partial charge is 0.353 e. The molecule has 3 aromatic rings. The summed E-state index contributed by atoms with van der Waals surface area (Å²) < 4.78 is 2.35. The van der Waals surface area contributed by atoms with Gasteiger partial charge in [-0.25, -0.2) is 0 Å². The van der Waals surface area contributed by atoms with Crippen molar-refractivity contribution in [2.75, 3.05) is 15.9 Å². The van der Waals surface area contributed by atoms with Gasteiger partial charge < -0.3 is 14.4 Å². The quantitative estimate of drug-likeness (QED) is 0.260. The number of thiocarbonyl (C=S) groups is 1. The van der Waals surface area contributed by atoms with E-state index < -0.39 is 0 Å². The van der Waals surface area contributed by atoms with Crippen LogP contribution in [0.15, 0.2) is 42.5 Å². The third-order valence-corrected chi connectivity index (χ3v) is 6.98. The first-order chi connectivity index (χ1) is 15.0. The second-order valence-electron chi connectivity index (χ2n) is 7.92. The zero-order valence-electron chi connectivity index (χ0n) is 18.3. The van der Waals surface area contributed by atoms with Gasteiger partial charge in [0.1, 0.15) is 6.29 Å². The van der Waals surface area contributed by atoms with Gasteiger partial charge in [0, 0.05) is 23.9 Å². The van der Waals surface area contributed by atoms with Gasteiger partial charge in [0.05, 0.1) is 17.7 Å². The van der Waals surface area contributed by atoms with Gasteiger partial charge in [0.25, 0.3) is 0 Å². The molecule has 0 bridgehead atoms. The van der Waals surface area contributed by atoms with Crippen molar-refractivity contribution in [2.24, 2.45) is 0 Å². The van der Waals surface area contributed by atoms with Crippen LogP contribution < -0.4 is 9.62 Å². The number of carbonyl (C=O) groups is 1. The predicted molar refractivity (Wildman–Crippen MR) is 138 cm³/mol. The number of nitrogens with zero attached hydrogens (tertiary/aromatic N) is 1. The SMILES string of the molecule is CSN1Cc2ccc(NC=S)cc2-c2c(C)c(-c3ccc(C)cc3)c(CC=O)c(C)c21. The maximum Gasteiger partial charge on any atom is 0.124 e. The van der Waals surface area contributed by atoms with Crippen LogP contribution in [0.1, 0.15) is 27.8 Å². The van der Waals surface area contributed by atoms with Gasteiger partial charge in [0.15, 0.2) is 0 Å². The molecule has 0 spiro atoms.